The number of carbonyl (C=O) groups excluding carboxylic acids is 6. The Morgan fingerprint density at radius 3 is 1.92 bits per heavy atom. The largest absolute Gasteiger partial charge is 0.481 e. The molecule has 0 radical (unpaired) electrons. The molecule has 1 heterocycles. The van der Waals surface area contributed by atoms with E-state index in [4.69, 9.17) is 28.9 Å². The molecule has 0 aliphatic rings. The van der Waals surface area contributed by atoms with E-state index in [9.17, 15) is 33.9 Å². The minimum Gasteiger partial charge on any atom is -0.481 e. The molecule has 0 aliphatic heterocycles. The minimum atomic E-state index is -1.14. The number of ketones is 1. The molecule has 6 N–H and O–H groups in total. The van der Waals surface area contributed by atoms with Crippen molar-refractivity contribution in [3.63, 3.8) is 0 Å². The fourth-order valence-electron chi connectivity index (χ4n) is 5.85. The third-order valence-corrected chi connectivity index (χ3v) is 9.01. The van der Waals surface area contributed by atoms with Crippen molar-refractivity contribution in [1.82, 2.24) is 36.3 Å². The molecular weight excluding hydrogens is 823 g/mol. The van der Waals surface area contributed by atoms with Crippen molar-refractivity contribution in [3.05, 3.63) is 47.3 Å². The van der Waals surface area contributed by atoms with E-state index in [1.54, 1.807) is 28.9 Å². The highest BCUT2D eigenvalue weighted by molar-refractivity contribution is 5.98. The van der Waals surface area contributed by atoms with Crippen molar-refractivity contribution in [2.75, 3.05) is 59.3 Å². The third kappa shape index (κ3) is 30.2. The summed E-state index contributed by atoms with van der Waals surface area (Å²) in [6, 6.07) is 5.00. The molecule has 0 saturated heterocycles. The van der Waals surface area contributed by atoms with Gasteiger partial charge in [0.25, 0.3) is 5.91 Å². The molecule has 2 aromatic rings. The lowest BCUT2D eigenvalue weighted by Crippen LogP contribution is -2.46. The fraction of sp³-hybridized carbons (Fsp3) is 0.651. The van der Waals surface area contributed by atoms with Gasteiger partial charge in [-0.3, -0.25) is 23.9 Å². The summed E-state index contributed by atoms with van der Waals surface area (Å²) in [5.74, 6) is -2.27. The van der Waals surface area contributed by atoms with Gasteiger partial charge in [-0.05, 0) is 62.5 Å². The second kappa shape index (κ2) is 34.0. The highest BCUT2D eigenvalue weighted by atomic mass is 16.5. The van der Waals surface area contributed by atoms with Crippen LogP contribution >= 0.6 is 0 Å². The molecule has 63 heavy (non-hydrogen) atoms. The van der Waals surface area contributed by atoms with E-state index in [1.165, 1.54) is 0 Å². The van der Waals surface area contributed by atoms with Gasteiger partial charge in [0.1, 0.15) is 6.04 Å². The van der Waals surface area contributed by atoms with Crippen LogP contribution in [0.25, 0.3) is 0 Å². The van der Waals surface area contributed by atoms with Gasteiger partial charge >= 0.3 is 24.1 Å². The van der Waals surface area contributed by atoms with Crippen LogP contribution in [0.3, 0.4) is 0 Å². The Kier molecular flexibility index (Phi) is 29.9. The van der Waals surface area contributed by atoms with Gasteiger partial charge in [0.2, 0.25) is 5.91 Å². The van der Waals surface area contributed by atoms with E-state index >= 15 is 0 Å². The molecule has 352 valence electrons. The Bertz CT molecular complexity index is 1670. The van der Waals surface area contributed by atoms with E-state index in [1.807, 2.05) is 27.0 Å². The normalized spacial score (nSPS) is 11.3. The Labute approximate surface area is 368 Å². The highest BCUT2D eigenvalue weighted by Crippen LogP contribution is 2.17. The summed E-state index contributed by atoms with van der Waals surface area (Å²) in [6.45, 7) is 9.97. The maximum Gasteiger partial charge on any atom is 0.373 e. The molecule has 4 amide bonds. The van der Waals surface area contributed by atoms with Crippen LogP contribution < -0.4 is 21.3 Å². The average Bonchev–Trinajstić information content (AvgIpc) is 3.68. The smallest absolute Gasteiger partial charge is 0.373 e. The molecule has 0 fully saturated rings. The number of nitrogens with zero attached hydrogens (tertiary/aromatic N) is 3. The van der Waals surface area contributed by atoms with E-state index in [0.29, 0.717) is 96.1 Å². The molecule has 0 bridgehead atoms. The first kappa shape index (κ1) is 55.5. The van der Waals surface area contributed by atoms with Gasteiger partial charge in [0.15, 0.2) is 5.78 Å². The Morgan fingerprint density at radius 2 is 1.30 bits per heavy atom. The number of hydrogen-bond acceptors (Lipinski definition) is 13. The number of nitrogens with one attached hydrogen (secondary N) is 4. The zero-order valence-corrected chi connectivity index (χ0v) is 37.0. The van der Waals surface area contributed by atoms with Crippen LogP contribution in [-0.2, 0) is 51.1 Å². The number of urea groups is 1. The van der Waals surface area contributed by atoms with Gasteiger partial charge < -0.3 is 45.7 Å². The molecule has 0 aliphatic carbocycles. The van der Waals surface area contributed by atoms with Gasteiger partial charge in [-0.25, -0.2) is 9.59 Å². The van der Waals surface area contributed by atoms with Crippen LogP contribution in [0.4, 0.5) is 4.79 Å². The lowest BCUT2D eigenvalue weighted by Gasteiger charge is -2.17. The van der Waals surface area contributed by atoms with Gasteiger partial charge in [-0.2, -0.15) is 9.59 Å². The molecule has 1 aromatic heterocycles. The topological polar surface area (TPSA) is 284 Å². The molecule has 0 unspecified atom stereocenters. The van der Waals surface area contributed by atoms with E-state index < -0.39 is 24.0 Å². The van der Waals surface area contributed by atoms with Crippen LogP contribution in [0.15, 0.2) is 30.5 Å². The number of unbranched alkanes of at least 4 members (excludes halogenated alkanes) is 5. The van der Waals surface area contributed by atoms with Gasteiger partial charge in [-0.15, -0.1) is 5.10 Å². The first-order valence-electron chi connectivity index (χ1n) is 21.4. The Balaban J connectivity index is 0.00000642. The van der Waals surface area contributed by atoms with Crippen molar-refractivity contribution in [2.45, 2.75) is 117 Å². The standard InChI is InChI=1S/C42H67N7O11.CO2/c1-42(2,3)30-37(51)43-21-24-58-26-28-60-29-27-59-25-22-44-39(54)33-18-16-32(17-19-33)36(50)14-8-6-4-5-7-12-34-31-49(48-47-34)23-10-9-13-35(40(55)56)46-41(57)45-20-11-15-38(52)53;2-1-3/h16-19,31,35H,4-15,20-30H2,1-3H3,(H,43,51)(H,44,54)(H,52,53)(H,55,56)(H2,45,46,57);/t35-;/m0./s1. The monoisotopic (exact) mass is 889 g/mol. The summed E-state index contributed by atoms with van der Waals surface area (Å²) >= 11 is 0. The second-order valence-electron chi connectivity index (χ2n) is 15.8. The molecular formula is C43H67N7O13. The molecule has 2 rings (SSSR count). The molecule has 1 aromatic carbocycles. The quantitative estimate of drug-likeness (QED) is 0.0433. The van der Waals surface area contributed by atoms with Gasteiger partial charge in [0, 0.05) is 62.8 Å². The number of carboxylic acid groups (broad SMARTS) is 2. The molecule has 20 heteroatoms. The summed E-state index contributed by atoms with van der Waals surface area (Å²) < 4.78 is 18.2. The molecule has 20 nitrogen and oxygen atoms in total. The highest BCUT2D eigenvalue weighted by Gasteiger charge is 2.19. The number of carboxylic acids is 2. The lowest BCUT2D eigenvalue weighted by molar-refractivity contribution is -0.191. The maximum absolute atomic E-state index is 12.7. The number of aryl methyl sites for hydroxylation is 2. The molecule has 1 atom stereocenters. The number of Topliss-reactive ketones (excluding diaryl/α,β-unsaturated/α-hetero) is 1. The minimum absolute atomic E-state index is 0.0169. The second-order valence-corrected chi connectivity index (χ2v) is 15.8. The summed E-state index contributed by atoms with van der Waals surface area (Å²) in [4.78, 5) is 87.2. The van der Waals surface area contributed by atoms with Crippen LogP contribution in [0.2, 0.25) is 0 Å². The number of ether oxygens (including phenoxy) is 3. The van der Waals surface area contributed by atoms with Crippen molar-refractivity contribution in [2.24, 2.45) is 5.41 Å². The first-order chi connectivity index (χ1) is 30.1. The number of hydrogen-bond donors (Lipinski definition) is 6. The Morgan fingerprint density at radius 1 is 0.714 bits per heavy atom. The number of carbonyl (C=O) groups is 6. The summed E-state index contributed by atoms with van der Waals surface area (Å²) in [5.41, 5.74) is 1.89. The van der Waals surface area contributed by atoms with E-state index in [0.717, 1.165) is 44.2 Å². The van der Waals surface area contributed by atoms with Crippen LogP contribution in [0.1, 0.15) is 124 Å². The maximum atomic E-state index is 12.7. The number of benzene rings is 1. The van der Waals surface area contributed by atoms with Crippen LogP contribution in [0.5, 0.6) is 0 Å². The average molecular weight is 890 g/mol. The van der Waals surface area contributed by atoms with Gasteiger partial charge in [0.05, 0.1) is 45.3 Å². The van der Waals surface area contributed by atoms with Crippen molar-refractivity contribution in [3.8, 4) is 0 Å². The van der Waals surface area contributed by atoms with Gasteiger partial charge in [-0.1, -0.05) is 57.4 Å². The third-order valence-electron chi connectivity index (χ3n) is 9.01. The molecule has 0 spiro atoms. The zero-order valence-electron chi connectivity index (χ0n) is 37.0. The van der Waals surface area contributed by atoms with Crippen LogP contribution in [0, 0.1) is 5.41 Å². The summed E-state index contributed by atoms with van der Waals surface area (Å²) in [5, 5.41) is 37.0. The molecule has 0 saturated carbocycles. The predicted molar refractivity (Wildman–Crippen MR) is 228 cm³/mol. The van der Waals surface area contributed by atoms with Crippen molar-refractivity contribution < 1.29 is 62.8 Å². The van der Waals surface area contributed by atoms with Crippen LogP contribution in [-0.4, -0.2) is 132 Å². The van der Waals surface area contributed by atoms with E-state index in [2.05, 4.69) is 31.6 Å². The van der Waals surface area contributed by atoms with Crippen molar-refractivity contribution in [1.29, 1.82) is 0 Å². The van der Waals surface area contributed by atoms with E-state index in [-0.39, 0.29) is 55.0 Å². The number of amides is 4. The Hall–Kier alpha value is -5.56. The number of rotatable bonds is 34. The predicted octanol–water partition coefficient (Wildman–Crippen LogP) is 3.58. The summed E-state index contributed by atoms with van der Waals surface area (Å²) in [7, 11) is 0. The number of aliphatic carboxylic acids is 2. The van der Waals surface area contributed by atoms with Crippen molar-refractivity contribution >= 4 is 41.7 Å². The summed E-state index contributed by atoms with van der Waals surface area (Å²) in [6.07, 6.45) is 10.1. The fourth-order valence-corrected chi connectivity index (χ4v) is 5.85. The first-order valence-corrected chi connectivity index (χ1v) is 21.4. The lowest BCUT2D eigenvalue weighted by atomic mass is 9.92. The zero-order chi connectivity index (χ0) is 46.7. The number of aromatic nitrogens is 3. The SMILES string of the molecule is CC(C)(C)CC(=O)NCCOCCOCCOCCNC(=O)c1ccc(C(=O)CCCCCCCc2cn(CCCC[C@H](NC(=O)NCCCC(=O)O)C(=O)O)nn2)cc1.O=C=O.